The van der Waals surface area contributed by atoms with E-state index in [-0.39, 0.29) is 6.61 Å². The number of aliphatic hydroxyl groups is 1. The maximum absolute atomic E-state index is 9.05. The Morgan fingerprint density at radius 3 is 2.75 bits per heavy atom. The van der Waals surface area contributed by atoms with Crippen molar-refractivity contribution in [2.75, 3.05) is 50.0 Å². The van der Waals surface area contributed by atoms with Crippen LogP contribution in [0.2, 0.25) is 0 Å². The molecule has 0 atom stereocenters. The molecule has 6 nitrogen and oxygen atoms in total. The lowest BCUT2D eigenvalue weighted by Crippen LogP contribution is -2.33. The Kier molecular flexibility index (Phi) is 5.25. The molecule has 0 spiro atoms. The van der Waals surface area contributed by atoms with Gasteiger partial charge in [-0.15, -0.1) is 0 Å². The van der Waals surface area contributed by atoms with Crippen molar-refractivity contribution in [2.24, 2.45) is 7.05 Å². The summed E-state index contributed by atoms with van der Waals surface area (Å²) in [5, 5.41) is 13.6. The van der Waals surface area contributed by atoms with Crippen molar-refractivity contribution >= 4 is 11.5 Å². The second kappa shape index (κ2) is 6.95. The number of rotatable bonds is 5. The Balaban J connectivity index is 2.11. The van der Waals surface area contributed by atoms with Crippen LogP contribution in [-0.4, -0.2) is 59.1 Å². The van der Waals surface area contributed by atoms with Gasteiger partial charge in [-0.1, -0.05) is 13.3 Å². The molecular formula is C14H27N5O. The van der Waals surface area contributed by atoms with Gasteiger partial charge in [-0.25, -0.2) is 0 Å². The Hall–Kier alpha value is -1.27. The summed E-state index contributed by atoms with van der Waals surface area (Å²) in [6.45, 7) is 7.08. The summed E-state index contributed by atoms with van der Waals surface area (Å²) in [4.78, 5) is 4.64. The van der Waals surface area contributed by atoms with Crippen molar-refractivity contribution in [1.82, 2.24) is 14.7 Å². The van der Waals surface area contributed by atoms with Crippen LogP contribution in [0, 0.1) is 0 Å². The van der Waals surface area contributed by atoms with Crippen molar-refractivity contribution in [3.05, 3.63) is 5.69 Å². The summed E-state index contributed by atoms with van der Waals surface area (Å²) in [6.07, 6.45) is 3.09. The molecule has 1 fully saturated rings. The predicted molar refractivity (Wildman–Crippen MR) is 82.0 cm³/mol. The Morgan fingerprint density at radius 2 is 2.05 bits per heavy atom. The normalized spacial score (nSPS) is 17.4. The molecule has 0 radical (unpaired) electrons. The van der Waals surface area contributed by atoms with Crippen molar-refractivity contribution in [3.8, 4) is 0 Å². The van der Waals surface area contributed by atoms with E-state index in [1.165, 1.54) is 0 Å². The zero-order chi connectivity index (χ0) is 14.5. The first-order valence-electron chi connectivity index (χ1n) is 7.56. The molecule has 0 aromatic carbocycles. The highest BCUT2D eigenvalue weighted by Crippen LogP contribution is 2.27. The second-order valence-corrected chi connectivity index (χ2v) is 5.46. The van der Waals surface area contributed by atoms with E-state index in [0.29, 0.717) is 0 Å². The van der Waals surface area contributed by atoms with Crippen molar-refractivity contribution in [2.45, 2.75) is 26.2 Å². The van der Waals surface area contributed by atoms with Gasteiger partial charge in [0, 0.05) is 33.2 Å². The number of nitrogens with zero attached hydrogens (tertiary/aromatic N) is 4. The molecule has 0 aliphatic carbocycles. The first-order chi connectivity index (χ1) is 9.67. The molecule has 2 heterocycles. The number of β-amino-alcohol motifs (C(OH)–C–C–N with tert-alkyl or cyclic N) is 1. The number of aryl methyl sites for hydroxylation is 2. The zero-order valence-electron chi connectivity index (χ0n) is 12.7. The van der Waals surface area contributed by atoms with E-state index < -0.39 is 0 Å². The lowest BCUT2D eigenvalue weighted by Gasteiger charge is -2.23. The van der Waals surface area contributed by atoms with E-state index in [2.05, 4.69) is 21.8 Å². The van der Waals surface area contributed by atoms with Gasteiger partial charge >= 0.3 is 0 Å². The van der Waals surface area contributed by atoms with Gasteiger partial charge in [0.25, 0.3) is 0 Å². The molecule has 3 N–H and O–H groups in total. The van der Waals surface area contributed by atoms with Crippen LogP contribution in [0.25, 0.3) is 0 Å². The van der Waals surface area contributed by atoms with Crippen LogP contribution in [-0.2, 0) is 13.5 Å². The topological polar surface area (TPSA) is 70.5 Å². The summed E-state index contributed by atoms with van der Waals surface area (Å²) >= 11 is 0. The van der Waals surface area contributed by atoms with Crippen molar-refractivity contribution in [1.29, 1.82) is 0 Å². The first kappa shape index (κ1) is 15.1. The highest BCUT2D eigenvalue weighted by molar-refractivity contribution is 5.66. The van der Waals surface area contributed by atoms with Gasteiger partial charge in [0.2, 0.25) is 0 Å². The molecule has 20 heavy (non-hydrogen) atoms. The maximum atomic E-state index is 9.05. The minimum absolute atomic E-state index is 0.231. The molecular weight excluding hydrogens is 254 g/mol. The second-order valence-electron chi connectivity index (χ2n) is 5.46. The lowest BCUT2D eigenvalue weighted by atomic mass is 10.2. The Labute approximate surface area is 121 Å². The lowest BCUT2D eigenvalue weighted by molar-refractivity contribution is 0.204. The molecule has 0 unspecified atom stereocenters. The summed E-state index contributed by atoms with van der Waals surface area (Å²) in [5.74, 6) is 1.05. The van der Waals surface area contributed by atoms with Gasteiger partial charge in [-0.05, 0) is 19.4 Å². The molecule has 1 aromatic heterocycles. The van der Waals surface area contributed by atoms with E-state index in [1.807, 2.05) is 11.7 Å². The van der Waals surface area contributed by atoms with Gasteiger partial charge in [-0.2, -0.15) is 5.10 Å². The summed E-state index contributed by atoms with van der Waals surface area (Å²) in [5.41, 5.74) is 8.14. The predicted octanol–water partition coefficient (Wildman–Crippen LogP) is 0.459. The monoisotopic (exact) mass is 281 g/mol. The molecule has 0 saturated carbocycles. The molecule has 1 saturated heterocycles. The van der Waals surface area contributed by atoms with Crippen LogP contribution >= 0.6 is 0 Å². The van der Waals surface area contributed by atoms with Gasteiger partial charge in [0.1, 0.15) is 5.82 Å². The Morgan fingerprint density at radius 1 is 1.25 bits per heavy atom. The fraction of sp³-hybridized carbons (Fsp3) is 0.786. The fourth-order valence-corrected chi connectivity index (χ4v) is 2.93. The molecule has 0 amide bonds. The standard InChI is InChI=1S/C14H27N5O/c1-3-5-12-13(15)14(17(2)16-12)19-7-4-6-18(8-9-19)10-11-20/h20H,3-11,15H2,1-2H3. The number of aromatic nitrogens is 2. The van der Waals surface area contributed by atoms with Gasteiger partial charge in [0.15, 0.2) is 0 Å². The average molecular weight is 281 g/mol. The van der Waals surface area contributed by atoms with Crippen LogP contribution in [0.1, 0.15) is 25.5 Å². The molecule has 0 bridgehead atoms. The highest BCUT2D eigenvalue weighted by Gasteiger charge is 2.21. The fourth-order valence-electron chi connectivity index (χ4n) is 2.93. The molecule has 6 heteroatoms. The third-order valence-corrected chi connectivity index (χ3v) is 3.92. The molecule has 1 aromatic rings. The van der Waals surface area contributed by atoms with E-state index in [4.69, 9.17) is 10.8 Å². The zero-order valence-corrected chi connectivity index (χ0v) is 12.7. The number of nitrogen functional groups attached to an aromatic ring is 1. The van der Waals surface area contributed by atoms with Crippen LogP contribution < -0.4 is 10.6 Å². The highest BCUT2D eigenvalue weighted by atomic mass is 16.3. The van der Waals surface area contributed by atoms with E-state index in [9.17, 15) is 0 Å². The summed E-state index contributed by atoms with van der Waals surface area (Å²) in [7, 11) is 1.97. The van der Waals surface area contributed by atoms with Gasteiger partial charge in [0.05, 0.1) is 18.0 Å². The minimum atomic E-state index is 0.231. The van der Waals surface area contributed by atoms with Crippen molar-refractivity contribution in [3.63, 3.8) is 0 Å². The molecule has 114 valence electrons. The number of hydrogen-bond donors (Lipinski definition) is 2. The first-order valence-corrected chi connectivity index (χ1v) is 7.56. The van der Waals surface area contributed by atoms with E-state index >= 15 is 0 Å². The summed E-state index contributed by atoms with van der Waals surface area (Å²) < 4.78 is 1.92. The van der Waals surface area contributed by atoms with E-state index in [1.54, 1.807) is 0 Å². The van der Waals surface area contributed by atoms with Gasteiger partial charge < -0.3 is 15.7 Å². The van der Waals surface area contributed by atoms with Crippen LogP contribution in [0.4, 0.5) is 11.5 Å². The molecule has 1 aliphatic heterocycles. The third-order valence-electron chi connectivity index (χ3n) is 3.92. The van der Waals surface area contributed by atoms with Crippen LogP contribution in [0.3, 0.4) is 0 Å². The number of anilines is 2. The van der Waals surface area contributed by atoms with Gasteiger partial charge in [-0.3, -0.25) is 9.58 Å². The van der Waals surface area contributed by atoms with E-state index in [0.717, 1.165) is 69.2 Å². The largest absolute Gasteiger partial charge is 0.395 e. The smallest absolute Gasteiger partial charge is 0.150 e. The number of hydrogen-bond acceptors (Lipinski definition) is 5. The van der Waals surface area contributed by atoms with Crippen molar-refractivity contribution < 1.29 is 5.11 Å². The number of nitrogens with two attached hydrogens (primary N) is 1. The average Bonchev–Trinajstić information content (AvgIpc) is 2.60. The minimum Gasteiger partial charge on any atom is -0.395 e. The third kappa shape index (κ3) is 3.24. The number of aliphatic hydroxyl groups excluding tert-OH is 1. The SMILES string of the molecule is CCCc1nn(C)c(N2CCCN(CCO)CC2)c1N. The summed E-state index contributed by atoms with van der Waals surface area (Å²) in [6, 6.07) is 0. The Bertz CT molecular complexity index is 431. The van der Waals surface area contributed by atoms with Crippen LogP contribution in [0.5, 0.6) is 0 Å². The molecule has 2 rings (SSSR count). The molecule has 1 aliphatic rings. The maximum Gasteiger partial charge on any atom is 0.150 e. The quantitative estimate of drug-likeness (QED) is 0.820. The van der Waals surface area contributed by atoms with Crippen LogP contribution in [0.15, 0.2) is 0 Å².